The van der Waals surface area contributed by atoms with Crippen molar-refractivity contribution in [2.24, 2.45) is 17.2 Å². The molecule has 0 rings (SSSR count). The first kappa shape index (κ1) is 20.5. The van der Waals surface area contributed by atoms with Crippen LogP contribution in [0.25, 0.3) is 0 Å². The van der Waals surface area contributed by atoms with E-state index in [1.165, 1.54) is 0 Å². The maximum absolute atomic E-state index is 10.2. The maximum atomic E-state index is 10.2. The monoisotopic (exact) mass is 295 g/mol. The first-order valence-electron chi connectivity index (χ1n) is 5.93. The Morgan fingerprint density at radius 2 is 1.63 bits per heavy atom. The van der Waals surface area contributed by atoms with E-state index in [0.29, 0.717) is 13.0 Å². The Morgan fingerprint density at radius 3 is 1.84 bits per heavy atom. The molecule has 0 radical (unpaired) electrons. The minimum atomic E-state index is -1.02. The van der Waals surface area contributed by atoms with Gasteiger partial charge in [0.25, 0.3) is 0 Å². The van der Waals surface area contributed by atoms with Gasteiger partial charge < -0.3 is 27.4 Å². The zero-order chi connectivity index (χ0) is 15.6. The van der Waals surface area contributed by atoms with Gasteiger partial charge in [-0.2, -0.15) is 12.6 Å². The van der Waals surface area contributed by atoms with Crippen molar-refractivity contribution in [1.82, 2.24) is 0 Å². The number of nitrogens with two attached hydrogens (primary N) is 3. The zero-order valence-corrected chi connectivity index (χ0v) is 12.3. The molecule has 114 valence electrons. The van der Waals surface area contributed by atoms with Crippen LogP contribution in [-0.2, 0) is 9.59 Å². The molecular formula is C11H25N3O4S. The third-order valence-electron chi connectivity index (χ3n) is 2.31. The summed E-state index contributed by atoms with van der Waals surface area (Å²) in [5, 5.41) is 16.7. The highest BCUT2D eigenvalue weighted by Crippen LogP contribution is 2.15. The van der Waals surface area contributed by atoms with Gasteiger partial charge in [-0.3, -0.25) is 9.59 Å². The molecule has 0 bridgehead atoms. The molecule has 0 aliphatic rings. The fourth-order valence-electron chi connectivity index (χ4n) is 0.934. The highest BCUT2D eigenvalue weighted by atomic mass is 32.1. The summed E-state index contributed by atoms with van der Waals surface area (Å²) >= 11 is 3.98. The summed E-state index contributed by atoms with van der Waals surface area (Å²) in [5.41, 5.74) is 15.6. The van der Waals surface area contributed by atoms with E-state index in [1.807, 2.05) is 0 Å². The van der Waals surface area contributed by atoms with Gasteiger partial charge in [0.15, 0.2) is 0 Å². The smallest absolute Gasteiger partial charge is 0.321 e. The predicted molar refractivity (Wildman–Crippen MR) is 77.2 cm³/mol. The molecule has 19 heavy (non-hydrogen) atoms. The van der Waals surface area contributed by atoms with Crippen LogP contribution in [0.3, 0.4) is 0 Å². The molecule has 8 heteroatoms. The number of aliphatic carboxylic acids is 2. The Hall–Kier alpha value is -0.830. The molecule has 0 aromatic heterocycles. The summed E-state index contributed by atoms with van der Waals surface area (Å²) in [5.74, 6) is -1.95. The average molecular weight is 295 g/mol. The van der Waals surface area contributed by atoms with Gasteiger partial charge in [0, 0.05) is 4.75 Å². The topological polar surface area (TPSA) is 153 Å². The van der Waals surface area contributed by atoms with Crippen LogP contribution in [-0.4, -0.2) is 45.5 Å². The molecule has 0 unspecified atom stereocenters. The predicted octanol–water partition coefficient (Wildman–Crippen LogP) is -0.366. The SMILES string of the molecule is CC(C)(S)[C@H](N)C(=O)O.NCCCC[C@H](N)C(=O)O. The van der Waals surface area contributed by atoms with E-state index < -0.39 is 28.8 Å². The normalized spacial score (nSPS) is 14.0. The summed E-state index contributed by atoms with van der Waals surface area (Å²) in [6, 6.07) is -1.62. The standard InChI is InChI=1S/C6H14N2O2.C5H11NO2S/c7-4-2-1-3-5(8)6(9)10;1-5(2,9)3(6)4(7)8/h5H,1-4,7-8H2,(H,9,10);3,9H,6H2,1-2H3,(H,7,8)/t5-;3-/m01/s1. The van der Waals surface area contributed by atoms with Crippen molar-refractivity contribution in [1.29, 1.82) is 0 Å². The highest BCUT2D eigenvalue weighted by molar-refractivity contribution is 7.81. The van der Waals surface area contributed by atoms with Gasteiger partial charge in [0.05, 0.1) is 0 Å². The second-order valence-corrected chi connectivity index (χ2v) is 5.85. The quantitative estimate of drug-likeness (QED) is 0.277. The number of rotatable bonds is 7. The lowest BCUT2D eigenvalue weighted by atomic mass is 10.1. The lowest BCUT2D eigenvalue weighted by Gasteiger charge is -2.21. The minimum absolute atomic E-state index is 0.520. The number of carboxylic acids is 2. The van der Waals surface area contributed by atoms with E-state index in [9.17, 15) is 9.59 Å². The van der Waals surface area contributed by atoms with Crippen molar-refractivity contribution in [3.8, 4) is 0 Å². The largest absolute Gasteiger partial charge is 0.480 e. The number of carbonyl (C=O) groups is 2. The molecule has 0 aromatic rings. The first-order chi connectivity index (χ1) is 8.53. The first-order valence-corrected chi connectivity index (χ1v) is 6.38. The van der Waals surface area contributed by atoms with Crippen LogP contribution in [0.15, 0.2) is 0 Å². The van der Waals surface area contributed by atoms with Crippen LogP contribution in [0.1, 0.15) is 33.1 Å². The van der Waals surface area contributed by atoms with Crippen molar-refractivity contribution in [2.45, 2.75) is 49.9 Å². The zero-order valence-electron chi connectivity index (χ0n) is 11.4. The molecule has 7 nitrogen and oxygen atoms in total. The number of carboxylic acid groups (broad SMARTS) is 2. The lowest BCUT2D eigenvalue weighted by Crippen LogP contribution is -2.45. The molecule has 0 amide bonds. The molecule has 0 fully saturated rings. The van der Waals surface area contributed by atoms with Gasteiger partial charge in [0.2, 0.25) is 0 Å². The van der Waals surface area contributed by atoms with Crippen LogP contribution < -0.4 is 17.2 Å². The summed E-state index contributed by atoms with van der Waals surface area (Å²) in [7, 11) is 0. The molecule has 0 saturated heterocycles. The van der Waals surface area contributed by atoms with Crippen LogP contribution in [0.5, 0.6) is 0 Å². The van der Waals surface area contributed by atoms with E-state index in [-0.39, 0.29) is 0 Å². The van der Waals surface area contributed by atoms with Crippen molar-refractivity contribution >= 4 is 24.6 Å². The van der Waals surface area contributed by atoms with Crippen LogP contribution in [0, 0.1) is 0 Å². The lowest BCUT2D eigenvalue weighted by molar-refractivity contribution is -0.139. The molecule has 0 heterocycles. The number of hydrogen-bond acceptors (Lipinski definition) is 6. The maximum Gasteiger partial charge on any atom is 0.321 e. The van der Waals surface area contributed by atoms with E-state index in [1.54, 1.807) is 13.8 Å². The summed E-state index contributed by atoms with van der Waals surface area (Å²) in [6.45, 7) is 3.93. The Bertz CT molecular complexity index is 282. The highest BCUT2D eigenvalue weighted by Gasteiger charge is 2.27. The Labute approximate surface area is 118 Å². The Kier molecular flexibility index (Phi) is 10.8. The van der Waals surface area contributed by atoms with E-state index in [4.69, 9.17) is 27.4 Å². The Balaban J connectivity index is 0. The molecule has 0 aromatic carbocycles. The van der Waals surface area contributed by atoms with Gasteiger partial charge in [-0.25, -0.2) is 0 Å². The van der Waals surface area contributed by atoms with E-state index in [0.717, 1.165) is 12.8 Å². The van der Waals surface area contributed by atoms with Gasteiger partial charge in [-0.05, 0) is 33.2 Å². The fourth-order valence-corrected chi connectivity index (χ4v) is 1.04. The Morgan fingerprint density at radius 1 is 1.16 bits per heavy atom. The molecule has 0 saturated carbocycles. The van der Waals surface area contributed by atoms with Crippen LogP contribution in [0.4, 0.5) is 0 Å². The van der Waals surface area contributed by atoms with Gasteiger partial charge in [-0.15, -0.1) is 0 Å². The molecule has 0 spiro atoms. The summed E-state index contributed by atoms with van der Waals surface area (Å²) in [4.78, 5) is 20.3. The second-order valence-electron chi connectivity index (χ2n) is 4.70. The molecule has 0 aliphatic heterocycles. The molecular weight excluding hydrogens is 270 g/mol. The summed E-state index contributed by atoms with van der Waals surface area (Å²) in [6.07, 6.45) is 2.16. The van der Waals surface area contributed by atoms with Crippen molar-refractivity contribution in [3.63, 3.8) is 0 Å². The fraction of sp³-hybridized carbons (Fsp3) is 0.818. The molecule has 2 atom stereocenters. The number of thiol groups is 1. The average Bonchev–Trinajstić information content (AvgIpc) is 2.27. The van der Waals surface area contributed by atoms with Crippen molar-refractivity contribution < 1.29 is 19.8 Å². The molecule has 0 aliphatic carbocycles. The van der Waals surface area contributed by atoms with Crippen molar-refractivity contribution in [2.75, 3.05) is 6.54 Å². The third-order valence-corrected chi connectivity index (χ3v) is 2.59. The third kappa shape index (κ3) is 12.0. The van der Waals surface area contributed by atoms with Crippen molar-refractivity contribution in [3.05, 3.63) is 0 Å². The second kappa shape index (κ2) is 10.0. The van der Waals surface area contributed by atoms with Gasteiger partial charge in [-0.1, -0.05) is 6.42 Å². The van der Waals surface area contributed by atoms with Crippen LogP contribution in [0.2, 0.25) is 0 Å². The molecule has 8 N–H and O–H groups in total. The number of unbranched alkanes of at least 4 members (excludes halogenated alkanes) is 1. The van der Waals surface area contributed by atoms with E-state index >= 15 is 0 Å². The van der Waals surface area contributed by atoms with E-state index in [2.05, 4.69) is 12.6 Å². The van der Waals surface area contributed by atoms with Crippen LogP contribution >= 0.6 is 12.6 Å². The number of hydrogen-bond donors (Lipinski definition) is 6. The van der Waals surface area contributed by atoms with Gasteiger partial charge in [0.1, 0.15) is 12.1 Å². The van der Waals surface area contributed by atoms with Gasteiger partial charge >= 0.3 is 11.9 Å². The minimum Gasteiger partial charge on any atom is -0.480 e. The summed E-state index contributed by atoms with van der Waals surface area (Å²) < 4.78 is -0.647.